The van der Waals surface area contributed by atoms with E-state index in [9.17, 15) is 0 Å². The van der Waals surface area contributed by atoms with Crippen LogP contribution in [0.4, 0.5) is 0 Å². The van der Waals surface area contributed by atoms with Crippen LogP contribution in [0.3, 0.4) is 0 Å². The van der Waals surface area contributed by atoms with Crippen molar-refractivity contribution in [2.24, 2.45) is 5.11 Å². The summed E-state index contributed by atoms with van der Waals surface area (Å²) in [4.78, 5) is 2.90. The lowest BCUT2D eigenvalue weighted by atomic mass is 10.1. The molecule has 0 N–H and O–H groups in total. The van der Waals surface area contributed by atoms with E-state index in [2.05, 4.69) is 39.7 Å². The molecule has 21 heavy (non-hydrogen) atoms. The molecule has 1 aliphatic carbocycles. The Bertz CT molecular complexity index is 741. The zero-order valence-electron chi connectivity index (χ0n) is 12.5. The Kier molecular flexibility index (Phi) is 3.35. The fraction of sp³-hybridized carbons (Fsp3) is 0.375. The van der Waals surface area contributed by atoms with E-state index in [1.54, 1.807) is 7.11 Å². The van der Waals surface area contributed by atoms with Crippen molar-refractivity contribution in [3.63, 3.8) is 0 Å². The number of methoxy groups -OCH3 is 1. The highest BCUT2D eigenvalue weighted by atomic mass is 16.5. The molecule has 0 radical (unpaired) electrons. The van der Waals surface area contributed by atoms with Gasteiger partial charge in [0.1, 0.15) is 5.75 Å². The van der Waals surface area contributed by atoms with Crippen LogP contribution in [0.25, 0.3) is 21.7 Å². The molecule has 3 rings (SSSR count). The van der Waals surface area contributed by atoms with Gasteiger partial charge in [0.25, 0.3) is 0 Å². The molecule has 1 atom stereocenters. The van der Waals surface area contributed by atoms with E-state index in [1.807, 2.05) is 13.0 Å². The highest BCUT2D eigenvalue weighted by Gasteiger charge is 2.24. The molecule has 0 fully saturated rings. The second-order valence-corrected chi connectivity index (χ2v) is 5.52. The number of aryl methyl sites for hydroxylation is 1. The third kappa shape index (κ3) is 2.26. The van der Waals surface area contributed by atoms with Crippen LogP contribution < -0.4 is 4.74 Å². The van der Waals surface area contributed by atoms with Crippen molar-refractivity contribution in [3.8, 4) is 17.0 Å². The standard InChI is InChI=1S/C16H18N4O/c1-10(18-19-17)9-20-11(2)6-13-7-12-4-5-14(21-3)8-15(12)16(13)20/h4-6,8,10H,7,9H2,1-3H3/t10-/m0/s1. The first-order valence-corrected chi connectivity index (χ1v) is 7.04. The Morgan fingerprint density at radius 3 is 2.90 bits per heavy atom. The summed E-state index contributed by atoms with van der Waals surface area (Å²) in [5.74, 6) is 0.870. The molecule has 5 nitrogen and oxygen atoms in total. The first-order chi connectivity index (χ1) is 10.1. The van der Waals surface area contributed by atoms with E-state index < -0.39 is 0 Å². The Hall–Kier alpha value is -2.39. The Balaban J connectivity index is 2.08. The zero-order valence-corrected chi connectivity index (χ0v) is 12.5. The van der Waals surface area contributed by atoms with Crippen LogP contribution in [-0.2, 0) is 13.0 Å². The van der Waals surface area contributed by atoms with Crippen molar-refractivity contribution in [1.82, 2.24) is 4.57 Å². The molecule has 0 amide bonds. The van der Waals surface area contributed by atoms with E-state index in [1.165, 1.54) is 28.1 Å². The average molecular weight is 282 g/mol. The minimum atomic E-state index is -0.0696. The molecule has 0 spiro atoms. The van der Waals surface area contributed by atoms with Crippen LogP contribution in [0.5, 0.6) is 5.75 Å². The van der Waals surface area contributed by atoms with Gasteiger partial charge in [0.15, 0.2) is 0 Å². The van der Waals surface area contributed by atoms with Gasteiger partial charge in [-0.25, -0.2) is 0 Å². The second-order valence-electron chi connectivity index (χ2n) is 5.52. The van der Waals surface area contributed by atoms with Crippen LogP contribution in [-0.4, -0.2) is 17.7 Å². The van der Waals surface area contributed by atoms with E-state index in [0.717, 1.165) is 12.2 Å². The summed E-state index contributed by atoms with van der Waals surface area (Å²) in [5, 5.41) is 3.79. The lowest BCUT2D eigenvalue weighted by molar-refractivity contribution is 0.415. The van der Waals surface area contributed by atoms with Crippen molar-refractivity contribution < 1.29 is 4.74 Å². The van der Waals surface area contributed by atoms with E-state index in [-0.39, 0.29) is 6.04 Å². The van der Waals surface area contributed by atoms with E-state index in [0.29, 0.717) is 6.54 Å². The van der Waals surface area contributed by atoms with Gasteiger partial charge in [-0.05, 0) is 41.8 Å². The zero-order chi connectivity index (χ0) is 15.0. The van der Waals surface area contributed by atoms with Gasteiger partial charge >= 0.3 is 0 Å². The second kappa shape index (κ2) is 5.19. The number of aromatic nitrogens is 1. The highest BCUT2D eigenvalue weighted by molar-refractivity contribution is 5.76. The molecule has 1 aliphatic rings. The summed E-state index contributed by atoms with van der Waals surface area (Å²) in [6.45, 7) is 4.73. The minimum Gasteiger partial charge on any atom is -0.497 e. The first kappa shape index (κ1) is 13.6. The van der Waals surface area contributed by atoms with Crippen LogP contribution in [0.1, 0.15) is 23.7 Å². The van der Waals surface area contributed by atoms with Crippen LogP contribution in [0, 0.1) is 6.92 Å². The normalized spacial score (nSPS) is 13.3. The lowest BCUT2D eigenvalue weighted by Gasteiger charge is -2.14. The maximum Gasteiger partial charge on any atom is 0.119 e. The minimum absolute atomic E-state index is 0.0696. The fourth-order valence-electron chi connectivity index (χ4n) is 3.09. The first-order valence-electron chi connectivity index (χ1n) is 7.04. The van der Waals surface area contributed by atoms with Gasteiger partial charge in [-0.15, -0.1) is 0 Å². The van der Waals surface area contributed by atoms with Crippen LogP contribution in [0.15, 0.2) is 29.4 Å². The maximum atomic E-state index is 8.59. The number of ether oxygens (including phenoxy) is 1. The summed E-state index contributed by atoms with van der Waals surface area (Å²) in [5.41, 5.74) is 14.9. The number of azide groups is 1. The van der Waals surface area contributed by atoms with E-state index in [4.69, 9.17) is 10.3 Å². The van der Waals surface area contributed by atoms with Gasteiger partial charge in [0.05, 0.1) is 18.8 Å². The molecule has 108 valence electrons. The third-order valence-corrected chi connectivity index (χ3v) is 4.03. The summed E-state index contributed by atoms with van der Waals surface area (Å²) < 4.78 is 7.59. The molecule has 1 aromatic heterocycles. The summed E-state index contributed by atoms with van der Waals surface area (Å²) >= 11 is 0. The summed E-state index contributed by atoms with van der Waals surface area (Å²) in [7, 11) is 1.69. The monoisotopic (exact) mass is 282 g/mol. The number of benzene rings is 1. The third-order valence-electron chi connectivity index (χ3n) is 4.03. The number of rotatable bonds is 4. The SMILES string of the molecule is COc1ccc2c(c1)-c1c(cc(C)n1C[C@H](C)N=[N+]=[N-])C2. The molecule has 1 heterocycles. The largest absolute Gasteiger partial charge is 0.497 e. The number of nitrogens with zero attached hydrogens (tertiary/aromatic N) is 4. The topological polar surface area (TPSA) is 62.9 Å². The Morgan fingerprint density at radius 2 is 2.19 bits per heavy atom. The molecule has 0 saturated heterocycles. The average Bonchev–Trinajstić information content (AvgIpc) is 2.95. The molecule has 0 bridgehead atoms. The van der Waals surface area contributed by atoms with Gasteiger partial charge < -0.3 is 9.30 Å². The number of fused-ring (bicyclic) bond motifs is 3. The van der Waals surface area contributed by atoms with Crippen LogP contribution in [0.2, 0.25) is 0 Å². The van der Waals surface area contributed by atoms with Crippen molar-refractivity contribution in [2.75, 3.05) is 7.11 Å². The molecule has 0 saturated carbocycles. The molecule has 2 aromatic rings. The van der Waals surface area contributed by atoms with Crippen molar-refractivity contribution in [1.29, 1.82) is 0 Å². The fourth-order valence-corrected chi connectivity index (χ4v) is 3.09. The molecule has 5 heteroatoms. The Morgan fingerprint density at radius 1 is 1.38 bits per heavy atom. The van der Waals surface area contributed by atoms with Crippen LogP contribution >= 0.6 is 0 Å². The maximum absolute atomic E-state index is 8.59. The van der Waals surface area contributed by atoms with Gasteiger partial charge in [0, 0.05) is 29.1 Å². The van der Waals surface area contributed by atoms with Crippen molar-refractivity contribution in [2.45, 2.75) is 32.9 Å². The lowest BCUT2D eigenvalue weighted by Crippen LogP contribution is -2.12. The van der Waals surface area contributed by atoms with Crippen molar-refractivity contribution in [3.05, 3.63) is 51.5 Å². The molecule has 0 unspecified atom stereocenters. The van der Waals surface area contributed by atoms with Gasteiger partial charge in [0.2, 0.25) is 0 Å². The quantitative estimate of drug-likeness (QED) is 0.404. The molecule has 1 aromatic carbocycles. The predicted molar refractivity (Wildman–Crippen MR) is 82.6 cm³/mol. The molecule has 0 aliphatic heterocycles. The predicted octanol–water partition coefficient (Wildman–Crippen LogP) is 4.08. The Labute approximate surface area is 123 Å². The van der Waals surface area contributed by atoms with Gasteiger partial charge in [-0.1, -0.05) is 18.1 Å². The number of hydrogen-bond donors (Lipinski definition) is 0. The van der Waals surface area contributed by atoms with E-state index >= 15 is 0 Å². The summed E-state index contributed by atoms with van der Waals surface area (Å²) in [6, 6.07) is 8.38. The highest BCUT2D eigenvalue weighted by Crippen LogP contribution is 2.40. The number of hydrogen-bond acceptors (Lipinski definition) is 2. The van der Waals surface area contributed by atoms with Gasteiger partial charge in [-0.3, -0.25) is 0 Å². The molecular weight excluding hydrogens is 264 g/mol. The smallest absolute Gasteiger partial charge is 0.119 e. The molecular formula is C16H18N4O. The van der Waals surface area contributed by atoms with Crippen molar-refractivity contribution >= 4 is 0 Å². The summed E-state index contributed by atoms with van der Waals surface area (Å²) in [6.07, 6.45) is 0.957. The van der Waals surface area contributed by atoms with Gasteiger partial charge in [-0.2, -0.15) is 0 Å².